The van der Waals surface area contributed by atoms with E-state index in [-0.39, 0.29) is 18.4 Å². The largest absolute Gasteiger partial charge is 0.483 e. The van der Waals surface area contributed by atoms with Gasteiger partial charge in [0.05, 0.1) is 21.5 Å². The SMILES string of the molecule is C[C@H]1C(=O)NCCc2[nH]c3c(Cl)c(Cl)cc(OCC(N)=O)c3c21. The predicted molar refractivity (Wildman–Crippen MR) is 88.1 cm³/mol. The number of benzene rings is 1. The van der Waals surface area contributed by atoms with Crippen LogP contribution in [0.3, 0.4) is 0 Å². The van der Waals surface area contributed by atoms with E-state index in [9.17, 15) is 9.59 Å². The van der Waals surface area contributed by atoms with Crippen LogP contribution in [0.2, 0.25) is 10.0 Å². The highest BCUT2D eigenvalue weighted by Crippen LogP contribution is 2.43. The molecule has 1 aromatic carbocycles. The number of nitrogens with two attached hydrogens (primary N) is 1. The molecule has 0 unspecified atom stereocenters. The number of H-pyrrole nitrogens is 1. The second-order valence-corrected chi connectivity index (χ2v) is 6.24. The molecular weight excluding hydrogens is 341 g/mol. The molecule has 0 radical (unpaired) electrons. The Morgan fingerprint density at radius 2 is 2.22 bits per heavy atom. The second-order valence-electron chi connectivity index (χ2n) is 5.46. The molecule has 1 aromatic heterocycles. The van der Waals surface area contributed by atoms with E-state index in [0.29, 0.717) is 39.7 Å². The van der Waals surface area contributed by atoms with Crippen LogP contribution in [0, 0.1) is 0 Å². The number of aromatic amines is 1. The van der Waals surface area contributed by atoms with Crippen molar-refractivity contribution < 1.29 is 14.3 Å². The van der Waals surface area contributed by atoms with Gasteiger partial charge in [-0.05, 0) is 12.5 Å². The summed E-state index contributed by atoms with van der Waals surface area (Å²) >= 11 is 12.4. The van der Waals surface area contributed by atoms with Crippen LogP contribution in [0.25, 0.3) is 10.9 Å². The predicted octanol–water partition coefficient (Wildman–Crippen LogP) is 2.11. The number of carbonyl (C=O) groups is 2. The summed E-state index contributed by atoms with van der Waals surface area (Å²) < 4.78 is 5.50. The molecule has 0 fully saturated rings. The maximum Gasteiger partial charge on any atom is 0.255 e. The Hall–Kier alpha value is -1.92. The van der Waals surface area contributed by atoms with Crippen molar-refractivity contribution >= 4 is 45.9 Å². The molecule has 0 bridgehead atoms. The van der Waals surface area contributed by atoms with E-state index >= 15 is 0 Å². The zero-order chi connectivity index (χ0) is 16.7. The molecule has 4 N–H and O–H groups in total. The first-order valence-electron chi connectivity index (χ1n) is 7.11. The van der Waals surface area contributed by atoms with Crippen molar-refractivity contribution in [1.29, 1.82) is 0 Å². The molecule has 3 rings (SSSR count). The Kier molecular flexibility index (Phi) is 4.12. The minimum Gasteiger partial charge on any atom is -0.483 e. The fraction of sp³-hybridized carbons (Fsp3) is 0.333. The van der Waals surface area contributed by atoms with Crippen molar-refractivity contribution in [3.05, 3.63) is 27.4 Å². The van der Waals surface area contributed by atoms with Gasteiger partial charge in [-0.25, -0.2) is 0 Å². The Morgan fingerprint density at radius 3 is 2.91 bits per heavy atom. The fourth-order valence-corrected chi connectivity index (χ4v) is 3.28. The average Bonchev–Trinajstić information content (AvgIpc) is 2.82. The number of amides is 2. The molecule has 1 atom stereocenters. The van der Waals surface area contributed by atoms with Gasteiger partial charge in [0.25, 0.3) is 5.91 Å². The molecule has 1 aliphatic rings. The molecule has 6 nitrogen and oxygen atoms in total. The van der Waals surface area contributed by atoms with Crippen molar-refractivity contribution in [3.8, 4) is 5.75 Å². The van der Waals surface area contributed by atoms with Crippen molar-refractivity contribution in [2.24, 2.45) is 5.73 Å². The molecule has 2 heterocycles. The number of primary amides is 1. The van der Waals surface area contributed by atoms with Crippen LogP contribution < -0.4 is 15.8 Å². The summed E-state index contributed by atoms with van der Waals surface area (Å²) in [6, 6.07) is 1.54. The van der Waals surface area contributed by atoms with E-state index in [4.69, 9.17) is 33.7 Å². The maximum absolute atomic E-state index is 12.1. The molecule has 0 saturated heterocycles. The van der Waals surface area contributed by atoms with E-state index in [0.717, 1.165) is 11.3 Å². The Labute approximate surface area is 142 Å². The molecule has 122 valence electrons. The molecule has 1 aliphatic heterocycles. The van der Waals surface area contributed by atoms with Gasteiger partial charge in [-0.2, -0.15) is 0 Å². The standard InChI is InChI=1S/C15H15Cl2N3O3/c1-6-11-8(2-3-19-15(6)22)20-14-12(11)9(23-5-10(18)21)4-7(16)13(14)17/h4,6,20H,2-3,5H2,1H3,(H2,18,21)(H,19,22)/t6-/m1/s1. The molecule has 8 heteroatoms. The molecule has 2 amide bonds. The smallest absolute Gasteiger partial charge is 0.255 e. The number of hydrogen-bond acceptors (Lipinski definition) is 3. The van der Waals surface area contributed by atoms with Crippen LogP contribution in [-0.2, 0) is 16.0 Å². The molecule has 0 aliphatic carbocycles. The van der Waals surface area contributed by atoms with Crippen molar-refractivity contribution in [2.75, 3.05) is 13.2 Å². The van der Waals surface area contributed by atoms with E-state index in [2.05, 4.69) is 10.3 Å². The van der Waals surface area contributed by atoms with E-state index in [1.54, 1.807) is 6.07 Å². The highest BCUT2D eigenvalue weighted by atomic mass is 35.5. The van der Waals surface area contributed by atoms with Crippen LogP contribution in [0.4, 0.5) is 0 Å². The summed E-state index contributed by atoms with van der Waals surface area (Å²) in [6.07, 6.45) is 0.642. The number of aromatic nitrogens is 1. The summed E-state index contributed by atoms with van der Waals surface area (Å²) in [5, 5.41) is 4.18. The lowest BCUT2D eigenvalue weighted by Gasteiger charge is -2.13. The van der Waals surface area contributed by atoms with Crippen molar-refractivity contribution in [1.82, 2.24) is 10.3 Å². The Bertz CT molecular complexity index is 816. The molecular formula is C15H15Cl2N3O3. The second kappa shape index (κ2) is 5.94. The lowest BCUT2D eigenvalue weighted by Crippen LogP contribution is -2.26. The number of halogens is 2. The zero-order valence-corrected chi connectivity index (χ0v) is 13.8. The van der Waals surface area contributed by atoms with Crippen LogP contribution >= 0.6 is 23.2 Å². The first-order chi connectivity index (χ1) is 10.9. The van der Waals surface area contributed by atoms with Crippen LogP contribution in [-0.4, -0.2) is 29.9 Å². The van der Waals surface area contributed by atoms with Gasteiger partial charge in [-0.15, -0.1) is 0 Å². The first-order valence-corrected chi connectivity index (χ1v) is 7.87. The van der Waals surface area contributed by atoms with Crippen LogP contribution in [0.15, 0.2) is 6.07 Å². The van der Waals surface area contributed by atoms with E-state index in [1.807, 2.05) is 6.92 Å². The van der Waals surface area contributed by atoms with Gasteiger partial charge in [-0.1, -0.05) is 23.2 Å². The van der Waals surface area contributed by atoms with E-state index < -0.39 is 5.91 Å². The number of fused-ring (bicyclic) bond motifs is 3. The maximum atomic E-state index is 12.1. The summed E-state index contributed by atoms with van der Waals surface area (Å²) in [5.74, 6) is -0.671. The van der Waals surface area contributed by atoms with Gasteiger partial charge < -0.3 is 20.8 Å². The number of ether oxygens (including phenoxy) is 1. The Balaban J connectivity index is 2.27. The van der Waals surface area contributed by atoms with Gasteiger partial charge in [-0.3, -0.25) is 9.59 Å². The summed E-state index contributed by atoms with van der Waals surface area (Å²) in [7, 11) is 0. The topological polar surface area (TPSA) is 97.2 Å². The van der Waals surface area contributed by atoms with Crippen LogP contribution in [0.5, 0.6) is 5.75 Å². The van der Waals surface area contributed by atoms with Gasteiger partial charge in [0.15, 0.2) is 6.61 Å². The van der Waals surface area contributed by atoms with Gasteiger partial charge in [0, 0.05) is 30.1 Å². The summed E-state index contributed by atoms with van der Waals surface area (Å²) in [5.41, 5.74) is 7.46. The minimum atomic E-state index is -0.600. The molecule has 0 spiro atoms. The number of carbonyl (C=O) groups excluding carboxylic acids is 2. The lowest BCUT2D eigenvalue weighted by atomic mass is 9.96. The van der Waals surface area contributed by atoms with Crippen molar-refractivity contribution in [2.45, 2.75) is 19.3 Å². The third-order valence-corrected chi connectivity index (χ3v) is 4.71. The molecule has 2 aromatic rings. The number of hydrogen-bond donors (Lipinski definition) is 3. The molecule has 23 heavy (non-hydrogen) atoms. The highest BCUT2D eigenvalue weighted by molar-refractivity contribution is 6.45. The highest BCUT2D eigenvalue weighted by Gasteiger charge is 2.29. The van der Waals surface area contributed by atoms with Gasteiger partial charge in [0.2, 0.25) is 5.91 Å². The quantitative estimate of drug-likeness (QED) is 0.786. The summed E-state index contributed by atoms with van der Waals surface area (Å²) in [4.78, 5) is 26.4. The van der Waals surface area contributed by atoms with Gasteiger partial charge in [0.1, 0.15) is 5.75 Å². The average molecular weight is 356 g/mol. The van der Waals surface area contributed by atoms with Crippen molar-refractivity contribution in [3.63, 3.8) is 0 Å². The van der Waals surface area contributed by atoms with Gasteiger partial charge >= 0.3 is 0 Å². The lowest BCUT2D eigenvalue weighted by molar-refractivity contribution is -0.122. The van der Waals surface area contributed by atoms with Crippen LogP contribution in [0.1, 0.15) is 24.1 Å². The Morgan fingerprint density at radius 1 is 1.48 bits per heavy atom. The summed E-state index contributed by atoms with van der Waals surface area (Å²) in [6.45, 7) is 2.06. The first kappa shape index (κ1) is 16.0. The normalized spacial score (nSPS) is 17.5. The number of nitrogens with one attached hydrogen (secondary N) is 2. The monoisotopic (exact) mass is 355 g/mol. The molecule has 0 saturated carbocycles. The number of rotatable bonds is 3. The third kappa shape index (κ3) is 2.72. The fourth-order valence-electron chi connectivity index (χ4n) is 2.89. The van der Waals surface area contributed by atoms with E-state index in [1.165, 1.54) is 0 Å². The minimum absolute atomic E-state index is 0.0726. The zero-order valence-electron chi connectivity index (χ0n) is 12.3. The third-order valence-electron chi connectivity index (χ3n) is 3.92.